The smallest absolute Gasteiger partial charge is 0.318 e. The number of carboxylic acids is 1. The molecule has 0 bridgehead atoms. The Kier molecular flexibility index (Phi) is 3.64. The summed E-state index contributed by atoms with van der Waals surface area (Å²) in [6.45, 7) is -0.777. The second-order valence-corrected chi connectivity index (χ2v) is 6.19. The third-order valence-electron chi connectivity index (χ3n) is 2.65. The van der Waals surface area contributed by atoms with Gasteiger partial charge in [0.2, 0.25) is 10.0 Å². The number of amides is 1. The number of carbonyl (C=O) groups is 2. The Balaban J connectivity index is 2.36. The summed E-state index contributed by atoms with van der Waals surface area (Å²) in [7, 11) is -2.77. The van der Waals surface area contributed by atoms with Crippen LogP contribution in [0.4, 0.5) is 5.69 Å². The van der Waals surface area contributed by atoms with Crippen LogP contribution >= 0.6 is 0 Å². The van der Waals surface area contributed by atoms with E-state index in [1.54, 1.807) is 0 Å². The van der Waals surface area contributed by atoms with Crippen LogP contribution in [0.2, 0.25) is 0 Å². The van der Waals surface area contributed by atoms with Crippen molar-refractivity contribution >= 4 is 27.6 Å². The van der Waals surface area contributed by atoms with Crippen molar-refractivity contribution in [1.82, 2.24) is 4.31 Å². The van der Waals surface area contributed by atoms with Crippen molar-refractivity contribution in [2.24, 2.45) is 0 Å². The second kappa shape index (κ2) is 5.10. The molecule has 0 saturated carbocycles. The van der Waals surface area contributed by atoms with Crippen LogP contribution in [-0.2, 0) is 19.6 Å². The summed E-state index contributed by atoms with van der Waals surface area (Å²) in [5, 5.41) is 11.1. The summed E-state index contributed by atoms with van der Waals surface area (Å²) in [5.41, 5.74) is 0.242. The number of rotatable bonds is 4. The molecule has 2 N–H and O–H groups in total. The van der Waals surface area contributed by atoms with Crippen LogP contribution in [0.5, 0.6) is 5.75 Å². The molecule has 0 unspecified atom stereocenters. The molecule has 0 saturated heterocycles. The molecule has 1 heterocycles. The van der Waals surface area contributed by atoms with E-state index in [4.69, 9.17) is 9.84 Å². The highest BCUT2D eigenvalue weighted by atomic mass is 32.2. The number of ether oxygens (including phenoxy) is 1. The molecular weight excluding hydrogens is 288 g/mol. The standard InChI is InChI=1S/C11H12N2O6S/c1-13(5-11(15)16)20(17,18)7-2-3-9-8(4-7)12-10(14)6-19-9/h2-4H,5-6H2,1H3,(H,12,14)(H,15,16). The molecule has 0 aromatic heterocycles. The Bertz CT molecular complexity index is 669. The van der Waals surface area contributed by atoms with Crippen molar-refractivity contribution in [1.29, 1.82) is 0 Å². The van der Waals surface area contributed by atoms with Gasteiger partial charge in [0.15, 0.2) is 6.61 Å². The number of carbonyl (C=O) groups excluding carboxylic acids is 1. The number of carboxylic acid groups (broad SMARTS) is 1. The van der Waals surface area contributed by atoms with E-state index in [2.05, 4.69) is 5.32 Å². The Morgan fingerprint density at radius 2 is 2.20 bits per heavy atom. The van der Waals surface area contributed by atoms with Gasteiger partial charge < -0.3 is 15.2 Å². The number of nitrogens with zero attached hydrogens (tertiary/aromatic N) is 1. The van der Waals surface area contributed by atoms with Crippen LogP contribution in [0.1, 0.15) is 0 Å². The second-order valence-electron chi connectivity index (χ2n) is 4.15. The first kappa shape index (κ1) is 14.3. The lowest BCUT2D eigenvalue weighted by Crippen LogP contribution is -2.32. The van der Waals surface area contributed by atoms with Crippen molar-refractivity contribution in [3.8, 4) is 5.75 Å². The van der Waals surface area contributed by atoms with Gasteiger partial charge in [-0.25, -0.2) is 8.42 Å². The molecule has 1 aromatic rings. The van der Waals surface area contributed by atoms with Crippen LogP contribution in [0.25, 0.3) is 0 Å². The van der Waals surface area contributed by atoms with E-state index in [0.29, 0.717) is 10.1 Å². The normalized spacial score (nSPS) is 14.4. The fourth-order valence-electron chi connectivity index (χ4n) is 1.68. The van der Waals surface area contributed by atoms with Gasteiger partial charge in [-0.15, -0.1) is 0 Å². The third kappa shape index (κ3) is 2.73. The van der Waals surface area contributed by atoms with Crippen LogP contribution < -0.4 is 10.1 Å². The van der Waals surface area contributed by atoms with E-state index in [1.165, 1.54) is 18.2 Å². The van der Waals surface area contributed by atoms with Crippen molar-refractivity contribution in [2.45, 2.75) is 4.90 Å². The maximum atomic E-state index is 12.1. The molecule has 108 valence electrons. The van der Waals surface area contributed by atoms with Crippen LogP contribution in [0.15, 0.2) is 23.1 Å². The van der Waals surface area contributed by atoms with E-state index >= 15 is 0 Å². The first-order chi connectivity index (χ1) is 9.30. The van der Waals surface area contributed by atoms with Crippen molar-refractivity contribution in [3.05, 3.63) is 18.2 Å². The Morgan fingerprint density at radius 1 is 1.50 bits per heavy atom. The van der Waals surface area contributed by atoms with Gasteiger partial charge in [-0.2, -0.15) is 4.31 Å². The Hall–Kier alpha value is -2.13. The molecule has 0 spiro atoms. The fourth-order valence-corrected chi connectivity index (χ4v) is 2.83. The molecule has 1 amide bonds. The maximum absolute atomic E-state index is 12.1. The number of benzene rings is 1. The molecule has 0 aliphatic carbocycles. The zero-order valence-electron chi connectivity index (χ0n) is 10.5. The predicted octanol–water partition coefficient (Wildman–Crippen LogP) is -0.277. The molecule has 8 nitrogen and oxygen atoms in total. The van der Waals surface area contributed by atoms with Gasteiger partial charge >= 0.3 is 5.97 Å². The van der Waals surface area contributed by atoms with Crippen LogP contribution in [-0.4, -0.2) is 49.9 Å². The summed E-state index contributed by atoms with van der Waals surface area (Å²) in [6.07, 6.45) is 0. The summed E-state index contributed by atoms with van der Waals surface area (Å²) >= 11 is 0. The van der Waals surface area contributed by atoms with Gasteiger partial charge in [-0.3, -0.25) is 9.59 Å². The maximum Gasteiger partial charge on any atom is 0.318 e. The quantitative estimate of drug-likeness (QED) is 0.791. The largest absolute Gasteiger partial charge is 0.482 e. The molecule has 0 radical (unpaired) electrons. The first-order valence-corrected chi connectivity index (χ1v) is 6.99. The number of anilines is 1. The molecule has 1 aliphatic heterocycles. The van der Waals surface area contributed by atoms with Crippen LogP contribution in [0, 0.1) is 0 Å². The van der Waals surface area contributed by atoms with Gasteiger partial charge in [0.05, 0.1) is 10.6 Å². The lowest BCUT2D eigenvalue weighted by molar-refractivity contribution is -0.137. The van der Waals surface area contributed by atoms with Gasteiger partial charge in [-0.05, 0) is 18.2 Å². The average molecular weight is 300 g/mol. The summed E-state index contributed by atoms with van der Waals surface area (Å²) < 4.78 is 30.1. The van der Waals surface area contributed by atoms with Crippen molar-refractivity contribution in [3.63, 3.8) is 0 Å². The van der Waals surface area contributed by atoms with Gasteiger partial charge in [0, 0.05) is 7.05 Å². The highest BCUT2D eigenvalue weighted by Gasteiger charge is 2.25. The minimum absolute atomic E-state index is 0.120. The lowest BCUT2D eigenvalue weighted by atomic mass is 10.2. The zero-order valence-corrected chi connectivity index (χ0v) is 11.3. The molecule has 0 fully saturated rings. The fraction of sp³-hybridized carbons (Fsp3) is 0.273. The molecule has 0 atom stereocenters. The summed E-state index contributed by atoms with van der Waals surface area (Å²) in [5.74, 6) is -1.28. The number of likely N-dealkylation sites (N-methyl/N-ethyl adjacent to an activating group) is 1. The van der Waals surface area contributed by atoms with Crippen LogP contribution in [0.3, 0.4) is 0 Å². The lowest BCUT2D eigenvalue weighted by Gasteiger charge is -2.20. The van der Waals surface area contributed by atoms with Gasteiger partial charge in [-0.1, -0.05) is 0 Å². The van der Waals surface area contributed by atoms with E-state index in [0.717, 1.165) is 7.05 Å². The van der Waals surface area contributed by atoms with Gasteiger partial charge in [0.1, 0.15) is 12.3 Å². The molecule has 1 aromatic carbocycles. The molecule has 9 heteroatoms. The number of nitrogens with one attached hydrogen (secondary N) is 1. The minimum atomic E-state index is -3.94. The SMILES string of the molecule is CN(CC(=O)O)S(=O)(=O)c1ccc2c(c1)NC(=O)CO2. The monoisotopic (exact) mass is 300 g/mol. The highest BCUT2D eigenvalue weighted by Crippen LogP contribution is 2.30. The number of fused-ring (bicyclic) bond motifs is 1. The van der Waals surface area contributed by atoms with E-state index in [-0.39, 0.29) is 23.1 Å². The number of hydrogen-bond donors (Lipinski definition) is 2. The van der Waals surface area contributed by atoms with Gasteiger partial charge in [0.25, 0.3) is 5.91 Å². The molecular formula is C11H12N2O6S. The Morgan fingerprint density at radius 3 is 2.85 bits per heavy atom. The van der Waals surface area contributed by atoms with E-state index < -0.39 is 22.5 Å². The molecule has 2 rings (SSSR count). The van der Waals surface area contributed by atoms with E-state index in [1.807, 2.05) is 0 Å². The molecule has 1 aliphatic rings. The molecule has 20 heavy (non-hydrogen) atoms. The topological polar surface area (TPSA) is 113 Å². The van der Waals surface area contributed by atoms with E-state index in [9.17, 15) is 18.0 Å². The highest BCUT2D eigenvalue weighted by molar-refractivity contribution is 7.89. The Labute approximate surface area is 115 Å². The summed E-state index contributed by atoms with van der Waals surface area (Å²) in [4.78, 5) is 21.7. The van der Waals surface area contributed by atoms with Crippen molar-refractivity contribution in [2.75, 3.05) is 25.5 Å². The zero-order chi connectivity index (χ0) is 14.9. The number of aliphatic carboxylic acids is 1. The number of sulfonamides is 1. The number of hydrogen-bond acceptors (Lipinski definition) is 5. The minimum Gasteiger partial charge on any atom is -0.482 e. The average Bonchev–Trinajstić information content (AvgIpc) is 2.36. The predicted molar refractivity (Wildman–Crippen MR) is 68.0 cm³/mol. The van der Waals surface area contributed by atoms with Crippen molar-refractivity contribution < 1.29 is 27.9 Å². The first-order valence-electron chi connectivity index (χ1n) is 5.55. The summed E-state index contributed by atoms with van der Waals surface area (Å²) in [6, 6.07) is 3.94. The third-order valence-corrected chi connectivity index (χ3v) is 4.45.